The van der Waals surface area contributed by atoms with E-state index in [1.54, 1.807) is 11.0 Å². The van der Waals surface area contributed by atoms with E-state index in [1.807, 2.05) is 12.1 Å². The van der Waals surface area contributed by atoms with Gasteiger partial charge in [0.05, 0.1) is 6.20 Å². The number of hydrogen-bond acceptors (Lipinski definition) is 5. The van der Waals surface area contributed by atoms with Crippen LogP contribution in [-0.2, 0) is 16.0 Å². The van der Waals surface area contributed by atoms with E-state index in [9.17, 15) is 9.59 Å². The third-order valence-electron chi connectivity index (χ3n) is 3.69. The third-order valence-corrected chi connectivity index (χ3v) is 3.69. The molecule has 0 saturated carbocycles. The molecule has 2 aromatic rings. The average Bonchev–Trinajstić information content (AvgIpc) is 3.09. The maximum Gasteiger partial charge on any atom is 0.294 e. The maximum absolute atomic E-state index is 12.2. The second-order valence-electron chi connectivity index (χ2n) is 5.26. The highest BCUT2D eigenvalue weighted by atomic mass is 16.5. The number of carbonyl (C=O) groups excluding carboxylic acids is 2. The lowest BCUT2D eigenvalue weighted by atomic mass is 10.0. The Morgan fingerprint density at radius 3 is 3.00 bits per heavy atom. The summed E-state index contributed by atoms with van der Waals surface area (Å²) < 4.78 is 9.76. The molecule has 1 aliphatic heterocycles. The van der Waals surface area contributed by atoms with E-state index in [4.69, 9.17) is 9.26 Å². The summed E-state index contributed by atoms with van der Waals surface area (Å²) in [5.74, 6) is -0.338. The van der Waals surface area contributed by atoms with Crippen LogP contribution in [0.4, 0.5) is 11.4 Å². The van der Waals surface area contributed by atoms with Crippen LogP contribution in [0.2, 0.25) is 0 Å². The lowest BCUT2D eigenvalue weighted by Gasteiger charge is -2.29. The third kappa shape index (κ3) is 3.24. The van der Waals surface area contributed by atoms with Gasteiger partial charge in [-0.05, 0) is 30.5 Å². The SMILES string of the molecule is COCC(=O)N1CCCc2ccc(NC(=O)c3ccno3)cc21. The Kier molecular flexibility index (Phi) is 4.38. The summed E-state index contributed by atoms with van der Waals surface area (Å²) in [6.45, 7) is 0.683. The van der Waals surface area contributed by atoms with Gasteiger partial charge in [-0.2, -0.15) is 0 Å². The Hall–Kier alpha value is -2.67. The lowest BCUT2D eigenvalue weighted by Crippen LogP contribution is -2.37. The molecule has 3 rings (SSSR count). The first-order valence-electron chi connectivity index (χ1n) is 7.33. The first-order valence-corrected chi connectivity index (χ1v) is 7.33. The number of hydrogen-bond donors (Lipinski definition) is 1. The molecular weight excluding hydrogens is 298 g/mol. The number of nitrogens with zero attached hydrogens (tertiary/aromatic N) is 2. The number of anilines is 2. The minimum atomic E-state index is -0.381. The molecule has 7 nitrogen and oxygen atoms in total. The minimum absolute atomic E-state index is 0.0358. The highest BCUT2D eigenvalue weighted by Gasteiger charge is 2.23. The second kappa shape index (κ2) is 6.62. The van der Waals surface area contributed by atoms with Crippen molar-refractivity contribution in [2.45, 2.75) is 12.8 Å². The minimum Gasteiger partial charge on any atom is -0.375 e. The first-order chi connectivity index (χ1) is 11.2. The van der Waals surface area contributed by atoms with Crippen molar-refractivity contribution in [3.8, 4) is 0 Å². The number of amides is 2. The summed E-state index contributed by atoms with van der Waals surface area (Å²) in [6, 6.07) is 7.04. The summed E-state index contributed by atoms with van der Waals surface area (Å²) in [5, 5.41) is 6.25. The number of benzene rings is 1. The molecule has 0 bridgehead atoms. The van der Waals surface area contributed by atoms with Crippen LogP contribution in [0.15, 0.2) is 35.0 Å². The van der Waals surface area contributed by atoms with E-state index >= 15 is 0 Å². The molecule has 0 atom stereocenters. The second-order valence-corrected chi connectivity index (χ2v) is 5.26. The van der Waals surface area contributed by atoms with Gasteiger partial charge in [-0.1, -0.05) is 11.2 Å². The van der Waals surface area contributed by atoms with Crippen molar-refractivity contribution in [2.24, 2.45) is 0 Å². The van der Waals surface area contributed by atoms with E-state index in [1.165, 1.54) is 19.4 Å². The summed E-state index contributed by atoms with van der Waals surface area (Å²) in [4.78, 5) is 25.9. The molecule has 7 heteroatoms. The molecule has 0 fully saturated rings. The number of nitrogens with one attached hydrogen (secondary N) is 1. The zero-order chi connectivity index (χ0) is 16.2. The Morgan fingerprint density at radius 2 is 2.26 bits per heavy atom. The lowest BCUT2D eigenvalue weighted by molar-refractivity contribution is -0.122. The van der Waals surface area contributed by atoms with Gasteiger partial charge in [0.25, 0.3) is 11.8 Å². The number of carbonyl (C=O) groups is 2. The molecule has 0 aliphatic carbocycles. The molecule has 1 aromatic carbocycles. The highest BCUT2D eigenvalue weighted by molar-refractivity contribution is 6.03. The number of aromatic nitrogens is 1. The average molecular weight is 315 g/mol. The number of fused-ring (bicyclic) bond motifs is 1. The van der Waals surface area contributed by atoms with Crippen molar-refractivity contribution in [1.82, 2.24) is 5.16 Å². The Balaban J connectivity index is 1.83. The molecular formula is C16H17N3O4. The van der Waals surface area contributed by atoms with E-state index in [0.29, 0.717) is 12.2 Å². The van der Waals surface area contributed by atoms with Crippen LogP contribution in [0.1, 0.15) is 22.5 Å². The van der Waals surface area contributed by atoms with E-state index in [-0.39, 0.29) is 24.2 Å². The Labute approximate surface area is 133 Å². The van der Waals surface area contributed by atoms with Gasteiger partial charge in [0.2, 0.25) is 5.76 Å². The van der Waals surface area contributed by atoms with Crippen LogP contribution in [0.3, 0.4) is 0 Å². The molecule has 0 spiro atoms. The zero-order valence-corrected chi connectivity index (χ0v) is 12.7. The molecule has 2 amide bonds. The highest BCUT2D eigenvalue weighted by Crippen LogP contribution is 2.30. The Bertz CT molecular complexity index is 712. The summed E-state index contributed by atoms with van der Waals surface area (Å²) in [5.41, 5.74) is 2.49. The fraction of sp³-hybridized carbons (Fsp3) is 0.312. The Morgan fingerprint density at radius 1 is 1.39 bits per heavy atom. The van der Waals surface area contributed by atoms with Crippen molar-refractivity contribution >= 4 is 23.2 Å². The molecule has 23 heavy (non-hydrogen) atoms. The molecule has 1 aliphatic rings. The normalized spacial score (nSPS) is 13.5. The zero-order valence-electron chi connectivity index (χ0n) is 12.7. The van der Waals surface area contributed by atoms with Gasteiger partial charge in [0.1, 0.15) is 6.61 Å². The quantitative estimate of drug-likeness (QED) is 0.931. The largest absolute Gasteiger partial charge is 0.375 e. The molecule has 0 radical (unpaired) electrons. The van der Waals surface area contributed by atoms with Crippen LogP contribution < -0.4 is 10.2 Å². The number of ether oxygens (including phenoxy) is 1. The standard InChI is InChI=1S/C16H17N3O4/c1-22-10-15(20)19-8-2-3-11-4-5-12(9-13(11)19)18-16(21)14-6-7-17-23-14/h4-7,9H,2-3,8,10H2,1H3,(H,18,21). The van der Waals surface area contributed by atoms with Crippen LogP contribution in [-0.4, -0.2) is 37.2 Å². The van der Waals surface area contributed by atoms with E-state index < -0.39 is 0 Å². The molecule has 1 N–H and O–H groups in total. The van der Waals surface area contributed by atoms with Crippen LogP contribution in [0.5, 0.6) is 0 Å². The molecule has 0 unspecified atom stereocenters. The van der Waals surface area contributed by atoms with Crippen molar-refractivity contribution in [3.05, 3.63) is 41.8 Å². The van der Waals surface area contributed by atoms with E-state index in [2.05, 4.69) is 10.5 Å². The smallest absolute Gasteiger partial charge is 0.294 e. The molecule has 120 valence electrons. The van der Waals surface area contributed by atoms with Crippen LogP contribution >= 0.6 is 0 Å². The van der Waals surface area contributed by atoms with Gasteiger partial charge in [-0.3, -0.25) is 9.59 Å². The topological polar surface area (TPSA) is 84.7 Å². The fourth-order valence-corrected chi connectivity index (χ4v) is 2.64. The van der Waals surface area contributed by atoms with Gasteiger partial charge >= 0.3 is 0 Å². The van der Waals surface area contributed by atoms with Gasteiger partial charge in [0.15, 0.2) is 0 Å². The van der Waals surface area contributed by atoms with Crippen LogP contribution in [0, 0.1) is 0 Å². The number of methoxy groups -OCH3 is 1. The van der Waals surface area contributed by atoms with Gasteiger partial charge in [-0.25, -0.2) is 0 Å². The maximum atomic E-state index is 12.2. The number of rotatable bonds is 4. The molecule has 1 aromatic heterocycles. The summed E-state index contributed by atoms with van der Waals surface area (Å²) >= 11 is 0. The van der Waals surface area contributed by atoms with Crippen molar-refractivity contribution < 1.29 is 18.8 Å². The fourth-order valence-electron chi connectivity index (χ4n) is 2.64. The molecule has 0 saturated heterocycles. The van der Waals surface area contributed by atoms with Gasteiger partial charge in [-0.15, -0.1) is 0 Å². The predicted molar refractivity (Wildman–Crippen MR) is 83.4 cm³/mol. The molecule has 2 heterocycles. The van der Waals surface area contributed by atoms with Gasteiger partial charge < -0.3 is 19.5 Å². The van der Waals surface area contributed by atoms with E-state index in [0.717, 1.165) is 24.1 Å². The predicted octanol–water partition coefficient (Wildman–Crippen LogP) is 1.85. The van der Waals surface area contributed by atoms with Crippen molar-refractivity contribution in [1.29, 1.82) is 0 Å². The van der Waals surface area contributed by atoms with Crippen molar-refractivity contribution in [2.75, 3.05) is 30.5 Å². The first kappa shape index (κ1) is 15.2. The summed E-state index contributed by atoms with van der Waals surface area (Å²) in [6.07, 6.45) is 3.22. The number of aryl methyl sites for hydroxylation is 1. The monoisotopic (exact) mass is 315 g/mol. The van der Waals surface area contributed by atoms with Gasteiger partial charge in [0, 0.05) is 31.1 Å². The van der Waals surface area contributed by atoms with Crippen LogP contribution in [0.25, 0.3) is 0 Å². The van der Waals surface area contributed by atoms with Crippen molar-refractivity contribution in [3.63, 3.8) is 0 Å². The summed E-state index contributed by atoms with van der Waals surface area (Å²) in [7, 11) is 1.50.